The fourth-order valence-corrected chi connectivity index (χ4v) is 3.49. The number of carbonyl (C=O) groups is 2. The Morgan fingerprint density at radius 2 is 1.92 bits per heavy atom. The first-order valence-electron chi connectivity index (χ1n) is 7.70. The van der Waals surface area contributed by atoms with Crippen LogP contribution >= 0.6 is 0 Å². The first kappa shape index (κ1) is 21.4. The summed E-state index contributed by atoms with van der Waals surface area (Å²) >= 11 is 0. The normalized spacial score (nSPS) is 11.8. The standard InChI is InChI=1S/C16H21N3O6S/c1-24-10-9-19-16(21)25-11-14(15(20)18-8-7-17)26(22,23)12-13-5-3-2-4-6-13/h2-6,14H,8-12H2,1H3,(H,18,20)(H,19,21). The maximum Gasteiger partial charge on any atom is 0.407 e. The molecule has 1 aromatic carbocycles. The van der Waals surface area contributed by atoms with Crippen LogP contribution in [-0.2, 0) is 29.9 Å². The van der Waals surface area contributed by atoms with E-state index in [0.29, 0.717) is 5.56 Å². The summed E-state index contributed by atoms with van der Waals surface area (Å²) < 4.78 is 34.8. The SMILES string of the molecule is COCCNC(=O)OCC(C(=O)NCC#N)S(=O)(=O)Cc1ccccc1. The number of benzene rings is 1. The van der Waals surface area contributed by atoms with Crippen LogP contribution in [0.15, 0.2) is 30.3 Å². The smallest absolute Gasteiger partial charge is 0.407 e. The van der Waals surface area contributed by atoms with E-state index in [1.54, 1.807) is 36.4 Å². The van der Waals surface area contributed by atoms with Crippen LogP contribution in [0.4, 0.5) is 4.79 Å². The zero-order chi connectivity index (χ0) is 19.4. The number of carbonyl (C=O) groups excluding carboxylic acids is 2. The number of nitrogens with zero attached hydrogens (tertiary/aromatic N) is 1. The van der Waals surface area contributed by atoms with Crippen LogP contribution in [0.25, 0.3) is 0 Å². The predicted molar refractivity (Wildman–Crippen MR) is 92.7 cm³/mol. The van der Waals surface area contributed by atoms with Gasteiger partial charge in [0.2, 0.25) is 5.91 Å². The molecule has 2 amide bonds. The number of sulfone groups is 1. The van der Waals surface area contributed by atoms with E-state index in [2.05, 4.69) is 10.6 Å². The summed E-state index contributed by atoms with van der Waals surface area (Å²) in [5, 5.41) is 11.5. The topological polar surface area (TPSA) is 135 Å². The van der Waals surface area contributed by atoms with Gasteiger partial charge < -0.3 is 20.1 Å². The highest BCUT2D eigenvalue weighted by atomic mass is 32.2. The maximum absolute atomic E-state index is 12.6. The molecule has 0 fully saturated rings. The summed E-state index contributed by atoms with van der Waals surface area (Å²) in [6.07, 6.45) is -0.866. The molecule has 1 atom stereocenters. The van der Waals surface area contributed by atoms with Crippen molar-refractivity contribution in [2.24, 2.45) is 0 Å². The maximum atomic E-state index is 12.6. The molecule has 26 heavy (non-hydrogen) atoms. The Morgan fingerprint density at radius 1 is 1.23 bits per heavy atom. The van der Waals surface area contributed by atoms with Crippen LogP contribution in [0.1, 0.15) is 5.56 Å². The molecule has 0 saturated heterocycles. The van der Waals surface area contributed by atoms with Crippen LogP contribution in [0, 0.1) is 11.3 Å². The molecular weight excluding hydrogens is 362 g/mol. The van der Waals surface area contributed by atoms with Crippen molar-refractivity contribution < 1.29 is 27.5 Å². The van der Waals surface area contributed by atoms with E-state index in [1.165, 1.54) is 7.11 Å². The van der Waals surface area contributed by atoms with E-state index in [4.69, 9.17) is 14.7 Å². The van der Waals surface area contributed by atoms with E-state index in [9.17, 15) is 18.0 Å². The molecule has 1 aromatic rings. The lowest BCUT2D eigenvalue weighted by Crippen LogP contribution is -2.44. The van der Waals surface area contributed by atoms with Crippen molar-refractivity contribution in [2.45, 2.75) is 11.0 Å². The first-order chi connectivity index (χ1) is 12.4. The molecule has 9 nitrogen and oxygen atoms in total. The van der Waals surface area contributed by atoms with Crippen molar-refractivity contribution in [3.63, 3.8) is 0 Å². The molecule has 1 unspecified atom stereocenters. The number of nitrogens with one attached hydrogen (secondary N) is 2. The largest absolute Gasteiger partial charge is 0.448 e. The number of alkyl carbamates (subject to hydrolysis) is 1. The number of hydrogen-bond donors (Lipinski definition) is 2. The second-order valence-corrected chi connectivity index (χ2v) is 7.36. The quantitative estimate of drug-likeness (QED) is 0.428. The van der Waals surface area contributed by atoms with E-state index in [0.717, 1.165) is 0 Å². The lowest BCUT2D eigenvalue weighted by atomic mass is 10.2. The van der Waals surface area contributed by atoms with Gasteiger partial charge in [0.25, 0.3) is 0 Å². The van der Waals surface area contributed by atoms with Crippen molar-refractivity contribution in [1.29, 1.82) is 5.26 Å². The zero-order valence-corrected chi connectivity index (χ0v) is 15.1. The van der Waals surface area contributed by atoms with Crippen LogP contribution in [0.2, 0.25) is 0 Å². The average molecular weight is 383 g/mol. The molecule has 2 N–H and O–H groups in total. The molecule has 10 heteroatoms. The molecule has 0 saturated carbocycles. The molecule has 0 aromatic heterocycles. The Kier molecular flexibility index (Phi) is 9.11. The van der Waals surface area contributed by atoms with Crippen molar-refractivity contribution in [2.75, 3.05) is 33.4 Å². The van der Waals surface area contributed by atoms with Gasteiger partial charge in [-0.25, -0.2) is 13.2 Å². The molecule has 0 heterocycles. The second-order valence-electron chi connectivity index (χ2n) is 5.18. The molecule has 1 rings (SSSR count). The zero-order valence-electron chi connectivity index (χ0n) is 14.3. The number of hydrogen-bond acceptors (Lipinski definition) is 7. The van der Waals surface area contributed by atoms with Gasteiger partial charge in [0.05, 0.1) is 18.4 Å². The highest BCUT2D eigenvalue weighted by Crippen LogP contribution is 2.12. The Morgan fingerprint density at radius 3 is 2.54 bits per heavy atom. The van der Waals surface area contributed by atoms with Gasteiger partial charge in [-0.2, -0.15) is 5.26 Å². The highest BCUT2D eigenvalue weighted by molar-refractivity contribution is 7.92. The van der Waals surface area contributed by atoms with Gasteiger partial charge in [0, 0.05) is 13.7 Å². The monoisotopic (exact) mass is 383 g/mol. The van der Waals surface area contributed by atoms with E-state index >= 15 is 0 Å². The third-order valence-corrected chi connectivity index (χ3v) is 5.17. The summed E-state index contributed by atoms with van der Waals surface area (Å²) in [6, 6.07) is 10.0. The minimum Gasteiger partial charge on any atom is -0.448 e. The fraction of sp³-hybridized carbons (Fsp3) is 0.438. The fourth-order valence-electron chi connectivity index (χ4n) is 1.95. The Bertz CT molecular complexity index is 730. The van der Waals surface area contributed by atoms with Gasteiger partial charge in [0.15, 0.2) is 15.1 Å². The lowest BCUT2D eigenvalue weighted by Gasteiger charge is -2.17. The predicted octanol–water partition coefficient (Wildman–Crippen LogP) is -0.0176. The molecule has 0 aliphatic rings. The Balaban J connectivity index is 2.82. The molecule has 0 spiro atoms. The van der Waals surface area contributed by atoms with Crippen LogP contribution in [0.5, 0.6) is 0 Å². The van der Waals surface area contributed by atoms with E-state index in [1.807, 2.05) is 0 Å². The Labute approximate surface area is 152 Å². The first-order valence-corrected chi connectivity index (χ1v) is 9.42. The van der Waals surface area contributed by atoms with Gasteiger partial charge in [-0.15, -0.1) is 0 Å². The van der Waals surface area contributed by atoms with E-state index < -0.39 is 39.4 Å². The molecular formula is C16H21N3O6S. The third-order valence-electron chi connectivity index (χ3n) is 3.22. The Hall–Kier alpha value is -2.64. The third kappa shape index (κ3) is 7.50. The number of rotatable bonds is 10. The molecule has 0 bridgehead atoms. The summed E-state index contributed by atoms with van der Waals surface area (Å²) in [5.41, 5.74) is 0.495. The van der Waals surface area contributed by atoms with Gasteiger partial charge >= 0.3 is 6.09 Å². The molecule has 142 valence electrons. The van der Waals surface area contributed by atoms with Gasteiger partial charge in [-0.05, 0) is 5.56 Å². The van der Waals surface area contributed by atoms with Crippen LogP contribution < -0.4 is 10.6 Å². The summed E-state index contributed by atoms with van der Waals surface area (Å²) in [5.74, 6) is -1.29. The molecule has 0 radical (unpaired) electrons. The number of nitriles is 1. The lowest BCUT2D eigenvalue weighted by molar-refractivity contribution is -0.121. The number of amides is 2. The van der Waals surface area contributed by atoms with Crippen molar-refractivity contribution in [3.05, 3.63) is 35.9 Å². The second kappa shape index (κ2) is 11.1. The van der Waals surface area contributed by atoms with Crippen molar-refractivity contribution in [1.82, 2.24) is 10.6 Å². The number of methoxy groups -OCH3 is 1. The summed E-state index contributed by atoms with van der Waals surface area (Å²) in [6.45, 7) is -0.577. The van der Waals surface area contributed by atoms with Gasteiger partial charge in [-0.3, -0.25) is 4.79 Å². The van der Waals surface area contributed by atoms with Gasteiger partial charge in [-0.1, -0.05) is 30.3 Å². The van der Waals surface area contributed by atoms with Gasteiger partial charge in [0.1, 0.15) is 13.2 Å². The minimum absolute atomic E-state index is 0.178. The molecule has 0 aliphatic heterocycles. The van der Waals surface area contributed by atoms with Crippen LogP contribution in [0.3, 0.4) is 0 Å². The highest BCUT2D eigenvalue weighted by Gasteiger charge is 2.34. The van der Waals surface area contributed by atoms with E-state index in [-0.39, 0.29) is 19.7 Å². The average Bonchev–Trinajstić information content (AvgIpc) is 2.60. The van der Waals surface area contributed by atoms with Crippen molar-refractivity contribution >= 4 is 21.8 Å². The summed E-state index contributed by atoms with van der Waals surface area (Å²) in [7, 11) is -2.52. The minimum atomic E-state index is -3.98. The number of ether oxygens (including phenoxy) is 2. The van der Waals surface area contributed by atoms with Crippen LogP contribution in [-0.4, -0.2) is 59.1 Å². The summed E-state index contributed by atoms with van der Waals surface area (Å²) in [4.78, 5) is 23.7. The molecule has 0 aliphatic carbocycles. The van der Waals surface area contributed by atoms with Crippen molar-refractivity contribution in [3.8, 4) is 6.07 Å².